The number of hydrogen-bond donors (Lipinski definition) is 1. The first-order valence-corrected chi connectivity index (χ1v) is 13.0. The minimum Gasteiger partial charge on any atom is -0.493 e. The molecule has 1 amide bonds. The summed E-state index contributed by atoms with van der Waals surface area (Å²) < 4.78 is 38.4. The largest absolute Gasteiger partial charge is 0.493 e. The fourth-order valence-electron chi connectivity index (χ4n) is 3.61. The van der Waals surface area contributed by atoms with Crippen LogP contribution < -0.4 is 19.1 Å². The molecular formula is C25H26Cl2N2O5S. The Morgan fingerprint density at radius 1 is 0.943 bits per heavy atom. The van der Waals surface area contributed by atoms with Gasteiger partial charge in [-0.05, 0) is 54.4 Å². The van der Waals surface area contributed by atoms with Crippen LogP contribution in [0.15, 0.2) is 65.6 Å². The summed E-state index contributed by atoms with van der Waals surface area (Å²) in [7, 11) is -1.11. The molecule has 0 atom stereocenters. The lowest BCUT2D eigenvalue weighted by atomic mass is 10.0. The molecule has 7 nitrogen and oxygen atoms in total. The molecule has 186 valence electrons. The highest BCUT2D eigenvalue weighted by Gasteiger charge is 2.22. The summed E-state index contributed by atoms with van der Waals surface area (Å²) in [5, 5.41) is 1.13. The molecule has 10 heteroatoms. The zero-order valence-corrected chi connectivity index (χ0v) is 21.9. The summed E-state index contributed by atoms with van der Waals surface area (Å²) in [5.41, 5.74) is 2.31. The predicted octanol–water partition coefficient (Wildman–Crippen LogP) is 4.93. The predicted molar refractivity (Wildman–Crippen MR) is 138 cm³/mol. The average molecular weight is 537 g/mol. The van der Waals surface area contributed by atoms with Crippen LogP contribution in [0.25, 0.3) is 0 Å². The highest BCUT2D eigenvalue weighted by molar-refractivity contribution is 7.89. The lowest BCUT2D eigenvalue weighted by Crippen LogP contribution is -2.40. The smallest absolute Gasteiger partial charge is 0.242 e. The number of carbonyl (C=O) groups excluding carboxylic acids is 1. The number of hydrogen-bond acceptors (Lipinski definition) is 5. The second-order valence-electron chi connectivity index (χ2n) is 7.52. The minimum atomic E-state index is -3.98. The number of anilines is 1. The van der Waals surface area contributed by atoms with Crippen molar-refractivity contribution in [2.24, 2.45) is 0 Å². The van der Waals surface area contributed by atoms with Crippen LogP contribution in [0.3, 0.4) is 0 Å². The molecule has 0 aliphatic heterocycles. The van der Waals surface area contributed by atoms with Crippen molar-refractivity contribution in [2.45, 2.75) is 18.2 Å². The fourth-order valence-corrected chi connectivity index (χ4v) is 4.99. The van der Waals surface area contributed by atoms with Gasteiger partial charge in [0, 0.05) is 34.8 Å². The molecule has 3 rings (SSSR count). The van der Waals surface area contributed by atoms with E-state index in [0.29, 0.717) is 34.4 Å². The van der Waals surface area contributed by atoms with Gasteiger partial charge in [-0.15, -0.1) is 0 Å². The van der Waals surface area contributed by atoms with E-state index in [0.717, 1.165) is 11.1 Å². The molecule has 0 aliphatic rings. The molecule has 0 aromatic heterocycles. The van der Waals surface area contributed by atoms with E-state index in [1.807, 2.05) is 25.1 Å². The van der Waals surface area contributed by atoms with Gasteiger partial charge in [0.15, 0.2) is 11.5 Å². The maximum absolute atomic E-state index is 13.1. The molecule has 0 radical (unpaired) electrons. The van der Waals surface area contributed by atoms with E-state index in [-0.39, 0.29) is 10.6 Å². The summed E-state index contributed by atoms with van der Waals surface area (Å²) in [6.07, 6.45) is 0.455. The van der Waals surface area contributed by atoms with Crippen molar-refractivity contribution in [1.82, 2.24) is 4.72 Å². The van der Waals surface area contributed by atoms with Gasteiger partial charge >= 0.3 is 0 Å². The SMILES string of the molecule is CCN(C(=O)CNS(=O)(=O)c1ccc(OC)c(OC)c1)c1ccc(Cl)cc1Cc1ccccc1Cl. The molecule has 1 N–H and O–H groups in total. The number of sulfonamides is 1. The first-order chi connectivity index (χ1) is 16.7. The van der Waals surface area contributed by atoms with Crippen molar-refractivity contribution in [1.29, 1.82) is 0 Å². The minimum absolute atomic E-state index is 0.0445. The van der Waals surface area contributed by atoms with E-state index in [2.05, 4.69) is 4.72 Å². The summed E-state index contributed by atoms with van der Waals surface area (Å²) >= 11 is 12.6. The van der Waals surface area contributed by atoms with Crippen molar-refractivity contribution in [3.63, 3.8) is 0 Å². The number of carbonyl (C=O) groups is 1. The zero-order chi connectivity index (χ0) is 25.6. The van der Waals surface area contributed by atoms with Crippen LogP contribution in [0, 0.1) is 0 Å². The van der Waals surface area contributed by atoms with Crippen molar-refractivity contribution in [3.05, 3.63) is 81.8 Å². The van der Waals surface area contributed by atoms with Crippen molar-refractivity contribution in [2.75, 3.05) is 32.2 Å². The summed E-state index contributed by atoms with van der Waals surface area (Å²) in [5.74, 6) is 0.245. The second kappa shape index (κ2) is 11.8. The summed E-state index contributed by atoms with van der Waals surface area (Å²) in [6, 6.07) is 16.9. The van der Waals surface area contributed by atoms with Gasteiger partial charge in [0.25, 0.3) is 0 Å². The van der Waals surface area contributed by atoms with Gasteiger partial charge in [-0.2, -0.15) is 0 Å². The average Bonchev–Trinajstić information content (AvgIpc) is 2.85. The van der Waals surface area contributed by atoms with Gasteiger partial charge in [-0.1, -0.05) is 41.4 Å². The van der Waals surface area contributed by atoms with Crippen LogP contribution in [-0.2, 0) is 21.2 Å². The first-order valence-electron chi connectivity index (χ1n) is 10.7. The molecular weight excluding hydrogens is 511 g/mol. The second-order valence-corrected chi connectivity index (χ2v) is 10.1. The third-order valence-electron chi connectivity index (χ3n) is 5.37. The maximum atomic E-state index is 13.1. The van der Waals surface area contributed by atoms with Gasteiger partial charge < -0.3 is 14.4 Å². The van der Waals surface area contributed by atoms with E-state index >= 15 is 0 Å². The number of halogens is 2. The number of amides is 1. The molecule has 0 fully saturated rings. The van der Waals surface area contributed by atoms with E-state index in [9.17, 15) is 13.2 Å². The Morgan fingerprint density at radius 2 is 1.66 bits per heavy atom. The third-order valence-corrected chi connectivity index (χ3v) is 7.37. The van der Waals surface area contributed by atoms with Crippen LogP contribution >= 0.6 is 23.2 Å². The first kappa shape index (κ1) is 26.8. The van der Waals surface area contributed by atoms with E-state index < -0.39 is 22.5 Å². The van der Waals surface area contributed by atoms with Crippen LogP contribution in [0.5, 0.6) is 11.5 Å². The molecule has 0 spiro atoms. The van der Waals surface area contributed by atoms with Crippen molar-refractivity contribution < 1.29 is 22.7 Å². The summed E-state index contributed by atoms with van der Waals surface area (Å²) in [6.45, 7) is 1.71. The molecule has 3 aromatic carbocycles. The number of nitrogens with zero attached hydrogens (tertiary/aromatic N) is 1. The van der Waals surface area contributed by atoms with Gasteiger partial charge in [0.1, 0.15) is 0 Å². The van der Waals surface area contributed by atoms with Crippen LogP contribution in [0.4, 0.5) is 5.69 Å². The van der Waals surface area contributed by atoms with Gasteiger partial charge in [-0.3, -0.25) is 4.79 Å². The number of methoxy groups -OCH3 is 2. The van der Waals surface area contributed by atoms with E-state index in [1.165, 1.54) is 37.3 Å². The Bertz CT molecular complexity index is 1310. The number of benzene rings is 3. The summed E-state index contributed by atoms with van der Waals surface area (Å²) in [4.78, 5) is 14.6. The fraction of sp³-hybridized carbons (Fsp3) is 0.240. The molecule has 0 unspecified atom stereocenters. The lowest BCUT2D eigenvalue weighted by molar-refractivity contribution is -0.117. The van der Waals surface area contributed by atoms with Gasteiger partial charge in [0.2, 0.25) is 15.9 Å². The number of nitrogens with one attached hydrogen (secondary N) is 1. The molecule has 0 saturated heterocycles. The molecule has 0 bridgehead atoms. The van der Waals surface area contributed by atoms with Gasteiger partial charge in [0.05, 0.1) is 25.7 Å². The zero-order valence-electron chi connectivity index (χ0n) is 19.5. The molecule has 0 saturated carbocycles. The van der Waals surface area contributed by atoms with Gasteiger partial charge in [-0.25, -0.2) is 13.1 Å². The number of rotatable bonds is 10. The quantitative estimate of drug-likeness (QED) is 0.397. The standard InChI is InChI=1S/C25H26Cl2N2O5S/c1-4-29(22-11-9-19(26)14-18(22)13-17-7-5-6-8-21(17)27)25(30)16-28-35(31,32)20-10-12-23(33-2)24(15-20)34-3/h5-12,14-15,28H,4,13,16H2,1-3H3. The van der Waals surface area contributed by atoms with Crippen molar-refractivity contribution in [3.8, 4) is 11.5 Å². The third kappa shape index (κ3) is 6.46. The Balaban J connectivity index is 1.82. The Morgan fingerprint density at radius 3 is 2.31 bits per heavy atom. The van der Waals surface area contributed by atoms with E-state index in [1.54, 1.807) is 24.3 Å². The Labute approximate surface area is 215 Å². The molecule has 35 heavy (non-hydrogen) atoms. The van der Waals surface area contributed by atoms with Crippen LogP contribution in [0.1, 0.15) is 18.1 Å². The number of ether oxygens (including phenoxy) is 2. The van der Waals surface area contributed by atoms with Crippen LogP contribution in [-0.4, -0.2) is 41.6 Å². The molecule has 0 heterocycles. The van der Waals surface area contributed by atoms with E-state index in [4.69, 9.17) is 32.7 Å². The Kier molecular flexibility index (Phi) is 9.02. The molecule has 3 aromatic rings. The molecule has 0 aliphatic carbocycles. The van der Waals surface area contributed by atoms with Crippen molar-refractivity contribution >= 4 is 44.8 Å². The number of likely N-dealkylation sites (N-methyl/N-ethyl adjacent to an activating group) is 1. The highest BCUT2D eigenvalue weighted by atomic mass is 35.5. The highest BCUT2D eigenvalue weighted by Crippen LogP contribution is 2.30. The normalized spacial score (nSPS) is 11.2. The topological polar surface area (TPSA) is 84.9 Å². The van der Waals surface area contributed by atoms with Crippen LogP contribution in [0.2, 0.25) is 10.0 Å². The Hall–Kier alpha value is -2.78. The lowest BCUT2D eigenvalue weighted by Gasteiger charge is -2.24. The monoisotopic (exact) mass is 536 g/mol. The maximum Gasteiger partial charge on any atom is 0.242 e.